The van der Waals surface area contributed by atoms with Gasteiger partial charge in [0.1, 0.15) is 5.82 Å². The van der Waals surface area contributed by atoms with E-state index in [1.165, 1.54) is 12.3 Å². The predicted molar refractivity (Wildman–Crippen MR) is 61.7 cm³/mol. The van der Waals surface area contributed by atoms with Crippen molar-refractivity contribution in [3.05, 3.63) is 29.8 Å². The highest BCUT2D eigenvalue weighted by atomic mass is 35.5. The monoisotopic (exact) mass is 229 g/mol. The Balaban J connectivity index is 2.87. The van der Waals surface area contributed by atoms with Gasteiger partial charge in [-0.3, -0.25) is 4.98 Å². The van der Waals surface area contributed by atoms with Gasteiger partial charge in [-0.15, -0.1) is 11.6 Å². The van der Waals surface area contributed by atoms with Crippen molar-refractivity contribution in [3.8, 4) is 0 Å². The third-order valence-electron chi connectivity index (χ3n) is 2.59. The van der Waals surface area contributed by atoms with Gasteiger partial charge in [0.05, 0.1) is 6.20 Å². The molecule has 0 fully saturated rings. The maximum Gasteiger partial charge on any atom is 0.141 e. The Bertz CT molecular complexity index is 297. The van der Waals surface area contributed by atoms with Gasteiger partial charge in [-0.05, 0) is 24.5 Å². The van der Waals surface area contributed by atoms with Gasteiger partial charge in [0.2, 0.25) is 0 Å². The third kappa shape index (κ3) is 3.16. The lowest BCUT2D eigenvalue weighted by Crippen LogP contribution is -2.19. The summed E-state index contributed by atoms with van der Waals surface area (Å²) in [6, 6.07) is 3.16. The van der Waals surface area contributed by atoms with Crippen LogP contribution >= 0.6 is 11.6 Å². The van der Waals surface area contributed by atoms with E-state index >= 15 is 0 Å². The van der Waals surface area contributed by atoms with Crippen LogP contribution in [0, 0.1) is 11.7 Å². The van der Waals surface area contributed by atoms with Crippen LogP contribution < -0.4 is 0 Å². The molecule has 84 valence electrons. The lowest BCUT2D eigenvalue weighted by Gasteiger charge is -2.23. The van der Waals surface area contributed by atoms with Gasteiger partial charge in [0, 0.05) is 17.0 Å². The summed E-state index contributed by atoms with van der Waals surface area (Å²) in [5.74, 6) is 0.292. The molecule has 0 amide bonds. The van der Waals surface area contributed by atoms with Crippen LogP contribution in [0.2, 0.25) is 0 Å². The molecule has 0 radical (unpaired) electrons. The molecule has 0 spiro atoms. The minimum atomic E-state index is -0.302. The Kier molecular flexibility index (Phi) is 4.52. The van der Waals surface area contributed by atoms with E-state index in [2.05, 4.69) is 25.8 Å². The van der Waals surface area contributed by atoms with Crippen molar-refractivity contribution in [3.63, 3.8) is 0 Å². The quantitative estimate of drug-likeness (QED) is 0.712. The molecule has 1 aromatic heterocycles. The summed E-state index contributed by atoms with van der Waals surface area (Å²) in [5, 5.41) is 0.0490. The molecular weight excluding hydrogens is 213 g/mol. The lowest BCUT2D eigenvalue weighted by molar-refractivity contribution is 0.489. The standard InChI is InChI=1S/C12H17ClFN/c1-4-10(12(13)8(2)3)11-6-5-9(14)7-15-11/h5-8,10,12H,4H2,1-3H3. The Morgan fingerprint density at radius 1 is 1.40 bits per heavy atom. The maximum atomic E-state index is 12.7. The fraction of sp³-hybridized carbons (Fsp3) is 0.583. The van der Waals surface area contributed by atoms with Crippen molar-refractivity contribution >= 4 is 11.6 Å². The number of hydrogen-bond acceptors (Lipinski definition) is 1. The summed E-state index contributed by atoms with van der Waals surface area (Å²) < 4.78 is 12.7. The first kappa shape index (κ1) is 12.4. The molecule has 0 aromatic carbocycles. The van der Waals surface area contributed by atoms with Gasteiger partial charge in [-0.1, -0.05) is 20.8 Å². The molecule has 0 aliphatic carbocycles. The SMILES string of the molecule is CCC(c1ccc(F)cn1)C(Cl)C(C)C. The van der Waals surface area contributed by atoms with Crippen molar-refractivity contribution in [2.75, 3.05) is 0 Å². The Morgan fingerprint density at radius 3 is 2.47 bits per heavy atom. The molecule has 0 saturated heterocycles. The molecule has 2 atom stereocenters. The molecule has 0 saturated carbocycles. The van der Waals surface area contributed by atoms with Crippen molar-refractivity contribution < 1.29 is 4.39 Å². The number of aromatic nitrogens is 1. The van der Waals surface area contributed by atoms with E-state index in [1.807, 2.05) is 0 Å². The van der Waals surface area contributed by atoms with Crippen molar-refractivity contribution in [2.24, 2.45) is 5.92 Å². The van der Waals surface area contributed by atoms with Gasteiger partial charge >= 0.3 is 0 Å². The van der Waals surface area contributed by atoms with Gasteiger partial charge in [-0.25, -0.2) is 4.39 Å². The molecule has 1 nitrogen and oxygen atoms in total. The van der Waals surface area contributed by atoms with E-state index < -0.39 is 0 Å². The van der Waals surface area contributed by atoms with Crippen LogP contribution in [0.5, 0.6) is 0 Å². The van der Waals surface area contributed by atoms with E-state index in [0.29, 0.717) is 5.92 Å². The van der Waals surface area contributed by atoms with Crippen LogP contribution in [0.25, 0.3) is 0 Å². The number of pyridine rings is 1. The highest BCUT2D eigenvalue weighted by molar-refractivity contribution is 6.21. The molecule has 2 unspecified atom stereocenters. The summed E-state index contributed by atoms with van der Waals surface area (Å²) >= 11 is 6.32. The van der Waals surface area contributed by atoms with E-state index in [4.69, 9.17) is 11.6 Å². The van der Waals surface area contributed by atoms with Crippen LogP contribution in [0.4, 0.5) is 4.39 Å². The summed E-state index contributed by atoms with van der Waals surface area (Å²) in [7, 11) is 0. The maximum absolute atomic E-state index is 12.7. The zero-order valence-electron chi connectivity index (χ0n) is 9.37. The van der Waals surface area contributed by atoms with Crippen molar-refractivity contribution in [1.82, 2.24) is 4.98 Å². The first-order valence-corrected chi connectivity index (χ1v) is 5.75. The second kappa shape index (κ2) is 5.45. The first-order chi connectivity index (χ1) is 7.06. The molecule has 3 heteroatoms. The summed E-state index contributed by atoms with van der Waals surface area (Å²) in [6.45, 7) is 6.25. The van der Waals surface area contributed by atoms with E-state index in [-0.39, 0.29) is 17.1 Å². The highest BCUT2D eigenvalue weighted by Crippen LogP contribution is 2.30. The topological polar surface area (TPSA) is 12.9 Å². The van der Waals surface area contributed by atoms with Crippen LogP contribution in [0.15, 0.2) is 18.3 Å². The highest BCUT2D eigenvalue weighted by Gasteiger charge is 2.23. The smallest absolute Gasteiger partial charge is 0.141 e. The molecule has 15 heavy (non-hydrogen) atoms. The van der Waals surface area contributed by atoms with Crippen molar-refractivity contribution in [2.45, 2.75) is 38.5 Å². The normalized spacial score (nSPS) is 15.3. The van der Waals surface area contributed by atoms with E-state index in [9.17, 15) is 4.39 Å². The largest absolute Gasteiger partial charge is 0.258 e. The number of hydrogen-bond donors (Lipinski definition) is 0. The lowest BCUT2D eigenvalue weighted by atomic mass is 9.91. The Hall–Kier alpha value is -0.630. The van der Waals surface area contributed by atoms with Gasteiger partial charge < -0.3 is 0 Å². The molecule has 1 rings (SSSR count). The fourth-order valence-corrected chi connectivity index (χ4v) is 1.98. The van der Waals surface area contributed by atoms with Gasteiger partial charge in [0.25, 0.3) is 0 Å². The Morgan fingerprint density at radius 2 is 2.07 bits per heavy atom. The zero-order chi connectivity index (χ0) is 11.4. The van der Waals surface area contributed by atoms with Crippen LogP contribution in [0.1, 0.15) is 38.8 Å². The summed E-state index contributed by atoms with van der Waals surface area (Å²) in [6.07, 6.45) is 2.17. The molecular formula is C12H17ClFN. The number of halogens is 2. The van der Waals surface area contributed by atoms with Crippen LogP contribution in [0.3, 0.4) is 0 Å². The minimum Gasteiger partial charge on any atom is -0.258 e. The molecule has 0 aliphatic rings. The van der Waals surface area contributed by atoms with Crippen LogP contribution in [-0.4, -0.2) is 10.4 Å². The molecule has 1 aromatic rings. The molecule has 0 aliphatic heterocycles. The number of alkyl halides is 1. The average Bonchev–Trinajstić information content (AvgIpc) is 2.21. The minimum absolute atomic E-state index is 0.0490. The van der Waals surface area contributed by atoms with Crippen molar-refractivity contribution in [1.29, 1.82) is 0 Å². The average molecular weight is 230 g/mol. The van der Waals surface area contributed by atoms with Crippen LogP contribution in [-0.2, 0) is 0 Å². The number of rotatable bonds is 4. The van der Waals surface area contributed by atoms with E-state index in [0.717, 1.165) is 12.1 Å². The molecule has 0 bridgehead atoms. The van der Waals surface area contributed by atoms with Gasteiger partial charge in [-0.2, -0.15) is 0 Å². The Labute approximate surface area is 95.7 Å². The predicted octanol–water partition coefficient (Wildman–Crippen LogP) is 3.98. The second-order valence-corrected chi connectivity index (χ2v) is 4.61. The molecule has 0 N–H and O–H groups in total. The first-order valence-electron chi connectivity index (χ1n) is 5.31. The second-order valence-electron chi connectivity index (χ2n) is 4.10. The van der Waals surface area contributed by atoms with Gasteiger partial charge in [0.15, 0.2) is 0 Å². The zero-order valence-corrected chi connectivity index (χ0v) is 10.1. The molecule has 1 heterocycles. The number of nitrogens with zero attached hydrogens (tertiary/aromatic N) is 1. The van der Waals surface area contributed by atoms with E-state index in [1.54, 1.807) is 6.07 Å². The summed E-state index contributed by atoms with van der Waals surface area (Å²) in [5.41, 5.74) is 0.882. The fourth-order valence-electron chi connectivity index (χ4n) is 1.67. The summed E-state index contributed by atoms with van der Waals surface area (Å²) in [4.78, 5) is 4.09. The third-order valence-corrected chi connectivity index (χ3v) is 3.40.